The van der Waals surface area contributed by atoms with E-state index in [2.05, 4.69) is 15.2 Å². The first-order valence-electron chi connectivity index (χ1n) is 9.54. The number of rotatable bonds is 6. The van der Waals surface area contributed by atoms with Gasteiger partial charge >= 0.3 is 5.69 Å². The summed E-state index contributed by atoms with van der Waals surface area (Å²) in [6.07, 6.45) is 3.06. The highest BCUT2D eigenvalue weighted by atomic mass is 32.2. The Morgan fingerprint density at radius 1 is 1.12 bits per heavy atom. The van der Waals surface area contributed by atoms with Gasteiger partial charge in [-0.15, -0.1) is 0 Å². The minimum atomic E-state index is -4.25. The minimum absolute atomic E-state index is 0.0336. The molecular formula is C21H18FN5O5S. The first-order chi connectivity index (χ1) is 15.7. The maximum atomic E-state index is 14.4. The first kappa shape index (κ1) is 22.2. The van der Waals surface area contributed by atoms with Crippen molar-refractivity contribution in [2.75, 3.05) is 7.05 Å². The summed E-state index contributed by atoms with van der Waals surface area (Å²) in [6, 6.07) is 10.6. The number of para-hydroxylation sites is 1. The molecule has 2 aromatic heterocycles. The van der Waals surface area contributed by atoms with Crippen molar-refractivity contribution in [3.05, 3.63) is 82.8 Å². The highest BCUT2D eigenvalue weighted by molar-refractivity contribution is 7.89. The van der Waals surface area contributed by atoms with Gasteiger partial charge in [0.2, 0.25) is 10.0 Å². The third-order valence-electron chi connectivity index (χ3n) is 4.90. The van der Waals surface area contributed by atoms with E-state index in [4.69, 9.17) is 0 Å². The van der Waals surface area contributed by atoms with Crippen LogP contribution in [0.3, 0.4) is 0 Å². The molecule has 3 N–H and O–H groups in total. The number of aromatic amines is 1. The van der Waals surface area contributed by atoms with Crippen LogP contribution < -0.4 is 5.69 Å². The summed E-state index contributed by atoms with van der Waals surface area (Å²) in [7, 11) is -2.93. The van der Waals surface area contributed by atoms with Crippen LogP contribution in [0.4, 0.5) is 4.39 Å². The highest BCUT2D eigenvalue weighted by Gasteiger charge is 2.28. The van der Waals surface area contributed by atoms with Crippen LogP contribution >= 0.6 is 0 Å². The number of sulfonamides is 1. The number of phenolic OH excluding ortho intramolecular Hbond substituents is 2. The van der Waals surface area contributed by atoms with Crippen LogP contribution in [0, 0.1) is 5.82 Å². The number of H-pyrrole nitrogens is 1. The van der Waals surface area contributed by atoms with Crippen LogP contribution in [-0.4, -0.2) is 49.7 Å². The van der Waals surface area contributed by atoms with Crippen molar-refractivity contribution >= 4 is 10.0 Å². The van der Waals surface area contributed by atoms with E-state index in [9.17, 15) is 27.8 Å². The van der Waals surface area contributed by atoms with E-state index < -0.39 is 37.9 Å². The molecule has 0 radical (unpaired) electrons. The molecule has 2 heterocycles. The molecule has 4 rings (SSSR count). The van der Waals surface area contributed by atoms with Crippen molar-refractivity contribution in [1.29, 1.82) is 0 Å². The fraction of sp³-hybridized carbons (Fsp3) is 0.0952. The van der Waals surface area contributed by atoms with Gasteiger partial charge in [0.25, 0.3) is 0 Å². The Bertz CT molecular complexity index is 1480. The summed E-state index contributed by atoms with van der Waals surface area (Å²) in [5.74, 6) is -2.24. The third kappa shape index (κ3) is 4.08. The predicted molar refractivity (Wildman–Crippen MR) is 116 cm³/mol. The van der Waals surface area contributed by atoms with Crippen molar-refractivity contribution in [2.24, 2.45) is 0 Å². The lowest BCUT2D eigenvalue weighted by molar-refractivity contribution is 0.429. The summed E-state index contributed by atoms with van der Waals surface area (Å²) in [6.45, 7) is -0.0336. The lowest BCUT2D eigenvalue weighted by Crippen LogP contribution is -2.26. The number of aromatic nitrogens is 4. The Balaban J connectivity index is 1.83. The number of benzene rings is 2. The lowest BCUT2D eigenvalue weighted by atomic mass is 10.1. The molecule has 0 saturated heterocycles. The predicted octanol–water partition coefficient (Wildman–Crippen LogP) is 1.99. The van der Waals surface area contributed by atoms with Crippen molar-refractivity contribution in [3.63, 3.8) is 0 Å². The third-order valence-corrected chi connectivity index (χ3v) is 6.73. The number of halogens is 1. The monoisotopic (exact) mass is 471 g/mol. The van der Waals surface area contributed by atoms with Gasteiger partial charge in [0, 0.05) is 32.1 Å². The Kier molecular flexibility index (Phi) is 5.70. The number of hydrogen-bond acceptors (Lipinski definition) is 7. The molecule has 0 aliphatic carbocycles. The fourth-order valence-corrected chi connectivity index (χ4v) is 4.52. The standard InChI is InChI=1S/C21H18FN5O5S/c1-26(12-13-5-4-8-23-11-13)33(31,32)19-9-14(17(28)10-18(19)29)20-24-25-21(30)27(20)16-7-3-2-6-15(16)22/h2-11,28-29H,12H2,1H3,(H,25,30). The molecule has 0 atom stereocenters. The molecule has 4 aromatic rings. The molecular weight excluding hydrogens is 453 g/mol. The topological polar surface area (TPSA) is 141 Å². The molecule has 0 saturated carbocycles. The molecule has 0 aliphatic heterocycles. The second kappa shape index (κ2) is 8.48. The second-order valence-corrected chi connectivity index (χ2v) is 9.11. The van der Waals surface area contributed by atoms with Crippen molar-refractivity contribution in [1.82, 2.24) is 24.1 Å². The summed E-state index contributed by atoms with van der Waals surface area (Å²) < 4.78 is 42.6. The fourth-order valence-electron chi connectivity index (χ4n) is 3.28. The van der Waals surface area contributed by atoms with Crippen LogP contribution in [-0.2, 0) is 16.6 Å². The normalized spacial score (nSPS) is 11.7. The van der Waals surface area contributed by atoms with E-state index in [1.165, 1.54) is 31.4 Å². The van der Waals surface area contributed by atoms with E-state index in [1.807, 2.05) is 0 Å². The summed E-state index contributed by atoms with van der Waals surface area (Å²) in [4.78, 5) is 15.8. The van der Waals surface area contributed by atoms with Gasteiger partial charge in [-0.05, 0) is 29.8 Å². The molecule has 170 valence electrons. The first-order valence-corrected chi connectivity index (χ1v) is 11.0. The molecule has 33 heavy (non-hydrogen) atoms. The number of nitrogens with zero attached hydrogens (tertiary/aromatic N) is 4. The van der Waals surface area contributed by atoms with Crippen LogP contribution in [0.2, 0.25) is 0 Å². The molecule has 0 amide bonds. The number of aromatic hydroxyl groups is 2. The molecule has 0 aliphatic rings. The molecule has 0 unspecified atom stereocenters. The van der Waals surface area contributed by atoms with Gasteiger partial charge in [0.15, 0.2) is 5.82 Å². The molecule has 2 aromatic carbocycles. The van der Waals surface area contributed by atoms with Gasteiger partial charge in [0.05, 0.1) is 11.3 Å². The molecule has 0 fully saturated rings. The Labute approximate surface area is 187 Å². The van der Waals surface area contributed by atoms with Crippen molar-refractivity contribution in [3.8, 4) is 28.6 Å². The van der Waals surface area contributed by atoms with E-state index in [-0.39, 0.29) is 23.6 Å². The maximum Gasteiger partial charge on any atom is 0.348 e. The number of phenols is 2. The van der Waals surface area contributed by atoms with Gasteiger partial charge in [-0.3, -0.25) is 4.98 Å². The number of hydrogen-bond donors (Lipinski definition) is 3. The van der Waals surface area contributed by atoms with Gasteiger partial charge in [-0.2, -0.15) is 9.40 Å². The average Bonchev–Trinajstić information content (AvgIpc) is 3.15. The maximum absolute atomic E-state index is 14.4. The van der Waals surface area contributed by atoms with Gasteiger partial charge in [0.1, 0.15) is 22.2 Å². The van der Waals surface area contributed by atoms with Crippen molar-refractivity contribution < 1.29 is 23.0 Å². The largest absolute Gasteiger partial charge is 0.507 e. The Morgan fingerprint density at radius 3 is 2.58 bits per heavy atom. The molecule has 0 spiro atoms. The second-order valence-electron chi connectivity index (χ2n) is 7.10. The van der Waals surface area contributed by atoms with E-state index in [0.717, 1.165) is 27.1 Å². The van der Waals surface area contributed by atoms with E-state index in [1.54, 1.807) is 18.3 Å². The Hall–Kier alpha value is -4.03. The number of nitrogens with one attached hydrogen (secondary N) is 1. The summed E-state index contributed by atoms with van der Waals surface area (Å²) >= 11 is 0. The van der Waals surface area contributed by atoms with E-state index in [0.29, 0.717) is 5.56 Å². The SMILES string of the molecule is CN(Cc1cccnc1)S(=O)(=O)c1cc(-c2n[nH]c(=O)n2-c2ccccc2F)c(O)cc1O. The quantitative estimate of drug-likeness (QED) is 0.390. The highest BCUT2D eigenvalue weighted by Crippen LogP contribution is 2.37. The molecule has 0 bridgehead atoms. The molecule has 12 heteroatoms. The van der Waals surface area contributed by atoms with Crippen LogP contribution in [0.25, 0.3) is 17.1 Å². The lowest BCUT2D eigenvalue weighted by Gasteiger charge is -2.19. The average molecular weight is 471 g/mol. The zero-order valence-electron chi connectivity index (χ0n) is 17.2. The zero-order valence-corrected chi connectivity index (χ0v) is 18.0. The van der Waals surface area contributed by atoms with Gasteiger partial charge < -0.3 is 10.2 Å². The smallest absolute Gasteiger partial charge is 0.348 e. The van der Waals surface area contributed by atoms with Crippen LogP contribution in [0.15, 0.2) is 70.6 Å². The summed E-state index contributed by atoms with van der Waals surface area (Å²) in [5, 5.41) is 26.7. The number of pyridine rings is 1. The van der Waals surface area contributed by atoms with Crippen LogP contribution in [0.5, 0.6) is 11.5 Å². The zero-order chi connectivity index (χ0) is 23.8. The van der Waals surface area contributed by atoms with Gasteiger partial charge in [-0.25, -0.2) is 27.3 Å². The Morgan fingerprint density at radius 2 is 1.88 bits per heavy atom. The van der Waals surface area contributed by atoms with Gasteiger partial charge in [-0.1, -0.05) is 18.2 Å². The molecule has 10 nitrogen and oxygen atoms in total. The minimum Gasteiger partial charge on any atom is -0.507 e. The van der Waals surface area contributed by atoms with Crippen LogP contribution in [0.1, 0.15) is 5.56 Å². The van der Waals surface area contributed by atoms with E-state index >= 15 is 0 Å². The summed E-state index contributed by atoms with van der Waals surface area (Å²) in [5.41, 5.74) is -0.553. The van der Waals surface area contributed by atoms with Crippen molar-refractivity contribution in [2.45, 2.75) is 11.4 Å².